The Morgan fingerprint density at radius 2 is 1.57 bits per heavy atom. The second kappa shape index (κ2) is 2.55. The van der Waals surface area contributed by atoms with Gasteiger partial charge in [-0.05, 0) is 62.2 Å². The Balaban J connectivity index is 1.96. The molecule has 0 saturated heterocycles. The number of ether oxygens (including phenoxy) is 1. The Morgan fingerprint density at radius 3 is 2.00 bits per heavy atom. The second-order valence-electron chi connectivity index (χ2n) is 6.54. The average molecular weight is 194 g/mol. The summed E-state index contributed by atoms with van der Waals surface area (Å²) in [5, 5.41) is 0. The molecular formula is C13H22O. The van der Waals surface area contributed by atoms with Crippen molar-refractivity contribution in [2.45, 2.75) is 51.6 Å². The SMILES string of the molecule is COC1(C)[C@@H]2CC3C[C@H]1CC(C)(C3)C2. The molecule has 0 aromatic rings. The molecule has 4 fully saturated rings. The topological polar surface area (TPSA) is 9.23 Å². The molecule has 14 heavy (non-hydrogen) atoms. The smallest absolute Gasteiger partial charge is 0.0707 e. The molecular weight excluding hydrogens is 172 g/mol. The van der Waals surface area contributed by atoms with Gasteiger partial charge < -0.3 is 4.74 Å². The molecule has 0 heterocycles. The highest BCUT2D eigenvalue weighted by Gasteiger charge is 2.58. The molecule has 1 nitrogen and oxygen atoms in total. The van der Waals surface area contributed by atoms with E-state index in [-0.39, 0.29) is 5.60 Å². The van der Waals surface area contributed by atoms with E-state index >= 15 is 0 Å². The van der Waals surface area contributed by atoms with Crippen molar-refractivity contribution in [2.75, 3.05) is 7.11 Å². The Hall–Kier alpha value is -0.0400. The Labute approximate surface area is 87.2 Å². The van der Waals surface area contributed by atoms with Crippen LogP contribution in [0.4, 0.5) is 0 Å². The van der Waals surface area contributed by atoms with Gasteiger partial charge in [-0.25, -0.2) is 0 Å². The van der Waals surface area contributed by atoms with Gasteiger partial charge in [0.25, 0.3) is 0 Å². The van der Waals surface area contributed by atoms with Crippen molar-refractivity contribution in [2.24, 2.45) is 23.2 Å². The van der Waals surface area contributed by atoms with E-state index in [1.165, 1.54) is 32.1 Å². The first kappa shape index (κ1) is 9.21. The van der Waals surface area contributed by atoms with Gasteiger partial charge in [-0.3, -0.25) is 0 Å². The fourth-order valence-corrected chi connectivity index (χ4v) is 4.91. The van der Waals surface area contributed by atoms with Crippen molar-refractivity contribution in [1.82, 2.24) is 0 Å². The van der Waals surface area contributed by atoms with Crippen molar-refractivity contribution >= 4 is 0 Å². The summed E-state index contributed by atoms with van der Waals surface area (Å²) in [5.41, 5.74) is 0.894. The zero-order valence-electron chi connectivity index (χ0n) is 9.68. The van der Waals surface area contributed by atoms with Gasteiger partial charge in [-0.15, -0.1) is 0 Å². The van der Waals surface area contributed by atoms with E-state index < -0.39 is 0 Å². The second-order valence-corrected chi connectivity index (χ2v) is 6.54. The van der Waals surface area contributed by atoms with Crippen LogP contribution in [0.15, 0.2) is 0 Å². The summed E-state index contributed by atoms with van der Waals surface area (Å²) in [7, 11) is 1.92. The minimum Gasteiger partial charge on any atom is -0.378 e. The quantitative estimate of drug-likeness (QED) is 0.622. The van der Waals surface area contributed by atoms with Crippen molar-refractivity contribution < 1.29 is 4.74 Å². The third-order valence-electron chi connectivity index (χ3n) is 5.56. The molecule has 4 aliphatic rings. The summed E-state index contributed by atoms with van der Waals surface area (Å²) in [5.74, 6) is 2.73. The molecule has 1 heteroatoms. The lowest BCUT2D eigenvalue weighted by atomic mass is 9.45. The third-order valence-corrected chi connectivity index (χ3v) is 5.56. The van der Waals surface area contributed by atoms with Crippen LogP contribution in [0.3, 0.4) is 0 Å². The van der Waals surface area contributed by atoms with Crippen molar-refractivity contribution in [3.63, 3.8) is 0 Å². The average Bonchev–Trinajstić information content (AvgIpc) is 2.11. The minimum absolute atomic E-state index is 0.219. The van der Waals surface area contributed by atoms with E-state index in [9.17, 15) is 0 Å². The fourth-order valence-electron chi connectivity index (χ4n) is 4.91. The monoisotopic (exact) mass is 194 g/mol. The normalized spacial score (nSPS) is 60.6. The molecule has 4 saturated carbocycles. The van der Waals surface area contributed by atoms with Crippen LogP contribution in [0.5, 0.6) is 0 Å². The maximum Gasteiger partial charge on any atom is 0.0707 e. The molecule has 4 aliphatic carbocycles. The molecule has 4 rings (SSSR count). The lowest BCUT2D eigenvalue weighted by Crippen LogP contribution is -2.59. The molecule has 0 amide bonds. The highest BCUT2D eigenvalue weighted by Crippen LogP contribution is 2.64. The van der Waals surface area contributed by atoms with Crippen LogP contribution < -0.4 is 0 Å². The van der Waals surface area contributed by atoms with Crippen LogP contribution >= 0.6 is 0 Å². The third kappa shape index (κ3) is 0.997. The van der Waals surface area contributed by atoms with E-state index in [1.54, 1.807) is 0 Å². The first-order chi connectivity index (χ1) is 6.56. The molecule has 0 aromatic heterocycles. The fraction of sp³-hybridized carbons (Fsp3) is 1.00. The number of rotatable bonds is 1. The Kier molecular flexibility index (Phi) is 1.68. The van der Waals surface area contributed by atoms with E-state index in [1.807, 2.05) is 7.11 Å². The minimum atomic E-state index is 0.219. The molecule has 0 N–H and O–H groups in total. The zero-order chi connectivity index (χ0) is 9.97. The van der Waals surface area contributed by atoms with Crippen LogP contribution in [0, 0.1) is 23.2 Å². The molecule has 80 valence electrons. The van der Waals surface area contributed by atoms with Crippen LogP contribution in [-0.4, -0.2) is 12.7 Å². The lowest BCUT2D eigenvalue weighted by molar-refractivity contribution is -0.201. The first-order valence-corrected chi connectivity index (χ1v) is 6.11. The summed E-state index contributed by atoms with van der Waals surface area (Å²) in [6.07, 6.45) is 7.22. The summed E-state index contributed by atoms with van der Waals surface area (Å²) in [6, 6.07) is 0. The highest BCUT2D eigenvalue weighted by molar-refractivity contribution is 5.09. The zero-order valence-corrected chi connectivity index (χ0v) is 9.68. The summed E-state index contributed by atoms with van der Waals surface area (Å²) >= 11 is 0. The van der Waals surface area contributed by atoms with Crippen LogP contribution in [0.1, 0.15) is 46.0 Å². The summed E-state index contributed by atoms with van der Waals surface area (Å²) in [4.78, 5) is 0. The molecule has 5 atom stereocenters. The number of methoxy groups -OCH3 is 1. The molecule has 0 spiro atoms. The van der Waals surface area contributed by atoms with Crippen molar-refractivity contribution in [3.8, 4) is 0 Å². The van der Waals surface area contributed by atoms with Gasteiger partial charge in [0.1, 0.15) is 0 Å². The molecule has 0 radical (unpaired) electrons. The molecule has 0 aromatic carbocycles. The number of hydrogen-bond acceptors (Lipinski definition) is 1. The maximum absolute atomic E-state index is 5.86. The molecule has 4 bridgehead atoms. The largest absolute Gasteiger partial charge is 0.378 e. The molecule has 0 aliphatic heterocycles. The highest BCUT2D eigenvalue weighted by atomic mass is 16.5. The number of hydrogen-bond donors (Lipinski definition) is 0. The van der Waals surface area contributed by atoms with E-state index in [0.29, 0.717) is 5.41 Å². The van der Waals surface area contributed by atoms with Gasteiger partial charge in [0.2, 0.25) is 0 Å². The molecule has 3 unspecified atom stereocenters. The van der Waals surface area contributed by atoms with Crippen LogP contribution in [-0.2, 0) is 4.74 Å². The summed E-state index contributed by atoms with van der Waals surface area (Å²) in [6.45, 7) is 4.87. The Morgan fingerprint density at radius 1 is 1.00 bits per heavy atom. The van der Waals surface area contributed by atoms with E-state index in [2.05, 4.69) is 13.8 Å². The van der Waals surface area contributed by atoms with Crippen molar-refractivity contribution in [3.05, 3.63) is 0 Å². The van der Waals surface area contributed by atoms with Crippen LogP contribution in [0.25, 0.3) is 0 Å². The standard InChI is InChI=1S/C13H22O/c1-12-6-9-4-10(7-12)13(2,14-3)11(5-9)8-12/h9-11H,4-8H2,1-3H3/t9?,10-,11+,12?,13?. The summed E-state index contributed by atoms with van der Waals surface area (Å²) < 4.78 is 5.86. The van der Waals surface area contributed by atoms with Gasteiger partial charge in [0.05, 0.1) is 5.60 Å². The van der Waals surface area contributed by atoms with Gasteiger partial charge in [-0.1, -0.05) is 6.92 Å². The Bertz CT molecular complexity index is 242. The predicted molar refractivity (Wildman–Crippen MR) is 57.1 cm³/mol. The lowest BCUT2D eigenvalue weighted by Gasteiger charge is -2.63. The van der Waals surface area contributed by atoms with Gasteiger partial charge in [-0.2, -0.15) is 0 Å². The van der Waals surface area contributed by atoms with E-state index in [4.69, 9.17) is 4.74 Å². The van der Waals surface area contributed by atoms with Crippen LogP contribution in [0.2, 0.25) is 0 Å². The predicted octanol–water partition coefficient (Wildman–Crippen LogP) is 3.24. The first-order valence-electron chi connectivity index (χ1n) is 6.11. The van der Waals surface area contributed by atoms with Crippen molar-refractivity contribution in [1.29, 1.82) is 0 Å². The van der Waals surface area contributed by atoms with Gasteiger partial charge >= 0.3 is 0 Å². The van der Waals surface area contributed by atoms with Gasteiger partial charge in [0.15, 0.2) is 0 Å². The van der Waals surface area contributed by atoms with E-state index in [0.717, 1.165) is 17.8 Å². The van der Waals surface area contributed by atoms with Gasteiger partial charge in [0, 0.05) is 7.11 Å². The maximum atomic E-state index is 5.86.